The third-order valence-electron chi connectivity index (χ3n) is 8.25. The molecule has 236 valence electrons. The van der Waals surface area contributed by atoms with Gasteiger partial charge in [-0.3, -0.25) is 0 Å². The van der Waals surface area contributed by atoms with Crippen LogP contribution in [-0.2, 0) is 11.3 Å². The molecular weight excluding hydrogens is 572 g/mol. The van der Waals surface area contributed by atoms with Crippen LogP contribution in [0, 0.1) is 0 Å². The number of aromatic nitrogens is 2. The number of methoxy groups -OCH3 is 2. The predicted molar refractivity (Wildman–Crippen MR) is 177 cm³/mol. The monoisotopic (exact) mass is 620 g/mol. The summed E-state index contributed by atoms with van der Waals surface area (Å²) in [5.74, 6) is 1.35. The zero-order chi connectivity index (χ0) is 32.2. The van der Waals surface area contributed by atoms with Gasteiger partial charge in [0.1, 0.15) is 27.7 Å². The Labute approximate surface area is 263 Å². The van der Waals surface area contributed by atoms with Crippen molar-refractivity contribution in [3.05, 3.63) is 54.4 Å². The number of carbonyl (C=O) groups is 1. The molecule has 0 atom stereocenters. The molecule has 44 heavy (non-hydrogen) atoms. The second-order valence-corrected chi connectivity index (χ2v) is 16.5. The van der Waals surface area contributed by atoms with Gasteiger partial charge in [-0.05, 0) is 53.2 Å². The molecule has 1 aliphatic rings. The first-order chi connectivity index (χ1) is 20.8. The SMILES string of the molecule is COc1cc(OC)cc(N(CCO)c2ccc3ncc(C4=CCN(C(=O)OC(C)(C)C)CC4)[n+](CC(C)(C)[Si+](C)C)c3c2)c1. The van der Waals surface area contributed by atoms with Crippen LogP contribution in [0.4, 0.5) is 16.2 Å². The van der Waals surface area contributed by atoms with Crippen LogP contribution >= 0.6 is 0 Å². The first kappa shape index (κ1) is 33.3. The molecular formula is C34H48N4O5Si+2. The van der Waals surface area contributed by atoms with Crippen molar-refractivity contribution in [2.24, 2.45) is 0 Å². The zero-order valence-electron chi connectivity index (χ0n) is 27.7. The average molecular weight is 621 g/mol. The number of benzene rings is 2. The summed E-state index contributed by atoms with van der Waals surface area (Å²) in [6, 6.07) is 12.0. The van der Waals surface area contributed by atoms with Gasteiger partial charge in [0.2, 0.25) is 11.2 Å². The van der Waals surface area contributed by atoms with Gasteiger partial charge in [-0.25, -0.2) is 9.78 Å². The number of aliphatic hydroxyl groups excluding tert-OH is 1. The Morgan fingerprint density at radius 3 is 2.27 bits per heavy atom. The van der Waals surface area contributed by atoms with E-state index in [1.54, 1.807) is 19.1 Å². The molecule has 0 spiro atoms. The summed E-state index contributed by atoms with van der Waals surface area (Å²) in [5.41, 5.74) is 5.40. The fourth-order valence-electron chi connectivity index (χ4n) is 5.16. The van der Waals surface area contributed by atoms with Crippen molar-refractivity contribution < 1.29 is 28.7 Å². The van der Waals surface area contributed by atoms with Crippen molar-refractivity contribution in [2.75, 3.05) is 45.4 Å². The molecule has 0 saturated heterocycles. The Kier molecular flexibility index (Phi) is 10.3. The van der Waals surface area contributed by atoms with Crippen LogP contribution in [0.15, 0.2) is 48.7 Å². The highest BCUT2D eigenvalue weighted by atomic mass is 28.3. The Hall–Kier alpha value is -3.63. The number of carbonyl (C=O) groups excluding carboxylic acids is 1. The quantitative estimate of drug-likeness (QED) is 0.212. The molecule has 0 aliphatic carbocycles. The summed E-state index contributed by atoms with van der Waals surface area (Å²) in [6.07, 6.45) is 4.53. The van der Waals surface area contributed by atoms with Crippen LogP contribution in [0.5, 0.6) is 11.5 Å². The fourth-order valence-corrected chi connectivity index (χ4v) is 5.64. The zero-order valence-corrected chi connectivity index (χ0v) is 28.7. The lowest BCUT2D eigenvalue weighted by atomic mass is 10.0. The molecule has 9 nitrogen and oxygen atoms in total. The van der Waals surface area contributed by atoms with Gasteiger partial charge in [-0.1, -0.05) is 6.08 Å². The summed E-state index contributed by atoms with van der Waals surface area (Å²) in [4.78, 5) is 21.5. The Morgan fingerprint density at radius 2 is 1.73 bits per heavy atom. The minimum absolute atomic E-state index is 0.0264. The molecule has 0 fully saturated rings. The molecule has 10 heteroatoms. The second-order valence-electron chi connectivity index (χ2n) is 13.1. The van der Waals surface area contributed by atoms with E-state index in [1.807, 2.05) is 57.3 Å². The number of nitrogens with zero attached hydrogens (tertiary/aromatic N) is 4. The molecule has 1 aromatic heterocycles. The average Bonchev–Trinajstić information content (AvgIpc) is 2.98. The van der Waals surface area contributed by atoms with Crippen molar-refractivity contribution >= 4 is 42.9 Å². The van der Waals surface area contributed by atoms with E-state index >= 15 is 0 Å². The maximum atomic E-state index is 12.7. The fraction of sp³-hybridized carbons (Fsp3) is 0.500. The predicted octanol–water partition coefficient (Wildman–Crippen LogP) is 6.23. The van der Waals surface area contributed by atoms with Crippen molar-refractivity contribution in [3.63, 3.8) is 0 Å². The highest BCUT2D eigenvalue weighted by Gasteiger charge is 2.42. The molecule has 3 aromatic rings. The third-order valence-corrected chi connectivity index (χ3v) is 11.1. The minimum atomic E-state index is -0.653. The first-order valence-electron chi connectivity index (χ1n) is 15.2. The van der Waals surface area contributed by atoms with E-state index in [4.69, 9.17) is 19.2 Å². The second kappa shape index (κ2) is 13.6. The smallest absolute Gasteiger partial charge is 0.410 e. The van der Waals surface area contributed by atoms with E-state index in [1.165, 1.54) is 5.57 Å². The summed E-state index contributed by atoms with van der Waals surface area (Å²) in [5, 5.41) is 10.2. The Bertz CT molecular complexity index is 1490. The highest BCUT2D eigenvalue weighted by molar-refractivity contribution is 6.59. The number of anilines is 2. The van der Waals surface area contributed by atoms with E-state index < -0.39 is 14.4 Å². The van der Waals surface area contributed by atoms with E-state index in [9.17, 15) is 9.90 Å². The van der Waals surface area contributed by atoms with Crippen LogP contribution < -0.4 is 18.9 Å². The van der Waals surface area contributed by atoms with Crippen LogP contribution in [-0.4, -0.2) is 75.9 Å². The van der Waals surface area contributed by atoms with Crippen molar-refractivity contribution in [1.82, 2.24) is 9.88 Å². The number of amides is 1. The molecule has 0 saturated carbocycles. The molecule has 1 amide bonds. The van der Waals surface area contributed by atoms with Gasteiger partial charge in [0, 0.05) is 60.8 Å². The first-order valence-corrected chi connectivity index (χ1v) is 17.7. The van der Waals surface area contributed by atoms with Crippen molar-refractivity contribution in [3.8, 4) is 11.5 Å². The molecule has 2 aromatic carbocycles. The third kappa shape index (κ3) is 7.71. The summed E-state index contributed by atoms with van der Waals surface area (Å²) in [6.45, 7) is 17.3. The largest absolute Gasteiger partial charge is 0.497 e. The lowest BCUT2D eigenvalue weighted by molar-refractivity contribution is -0.678. The van der Waals surface area contributed by atoms with Gasteiger partial charge < -0.3 is 29.1 Å². The summed E-state index contributed by atoms with van der Waals surface area (Å²) >= 11 is 0. The normalized spacial score (nSPS) is 13.9. The number of hydrogen-bond donors (Lipinski definition) is 1. The molecule has 4 rings (SSSR count). The van der Waals surface area contributed by atoms with Crippen molar-refractivity contribution in [2.45, 2.75) is 71.3 Å². The number of fused-ring (bicyclic) bond motifs is 1. The van der Waals surface area contributed by atoms with E-state index in [-0.39, 0.29) is 17.7 Å². The standard InChI is InChI=1S/C34H48N4O5Si/c1-33(2,3)43-32(40)36-14-12-24(13-15-36)31-22-35-29-11-10-25(20-30(29)38(31)23-34(4,5)44(8)9)37(16-17-39)26-18-27(41-6)21-28(19-26)42-7/h10-12,18-22,39H,13-17,23H2,1-9H3/q+2. The van der Waals surface area contributed by atoms with Gasteiger partial charge >= 0.3 is 14.9 Å². The number of hydrogen-bond acceptors (Lipinski definition) is 7. The van der Waals surface area contributed by atoms with Crippen LogP contribution in [0.1, 0.15) is 46.7 Å². The van der Waals surface area contributed by atoms with Crippen LogP contribution in [0.25, 0.3) is 16.6 Å². The van der Waals surface area contributed by atoms with Crippen molar-refractivity contribution in [1.29, 1.82) is 0 Å². The topological polar surface area (TPSA) is 88.2 Å². The maximum Gasteiger partial charge on any atom is 0.410 e. The van der Waals surface area contributed by atoms with E-state index in [0.29, 0.717) is 37.6 Å². The summed E-state index contributed by atoms with van der Waals surface area (Å²) < 4.78 is 19.1. The lowest BCUT2D eigenvalue weighted by Crippen LogP contribution is -2.47. The minimum Gasteiger partial charge on any atom is -0.497 e. The van der Waals surface area contributed by atoms with Crippen LogP contribution in [0.3, 0.4) is 0 Å². The molecule has 0 radical (unpaired) electrons. The van der Waals surface area contributed by atoms with E-state index in [2.05, 4.69) is 48.6 Å². The Morgan fingerprint density at radius 1 is 1.05 bits per heavy atom. The molecule has 0 bridgehead atoms. The lowest BCUT2D eigenvalue weighted by Gasteiger charge is -2.29. The van der Waals surface area contributed by atoms with Gasteiger partial charge in [0.15, 0.2) is 6.54 Å². The summed E-state index contributed by atoms with van der Waals surface area (Å²) in [7, 11) is 2.61. The van der Waals surface area contributed by atoms with Gasteiger partial charge in [0.25, 0.3) is 0 Å². The van der Waals surface area contributed by atoms with Crippen LogP contribution in [0.2, 0.25) is 18.1 Å². The Balaban J connectivity index is 1.83. The maximum absolute atomic E-state index is 12.7. The molecule has 0 unspecified atom stereocenters. The van der Waals surface area contributed by atoms with E-state index in [0.717, 1.165) is 34.6 Å². The number of aliphatic hydroxyl groups is 1. The molecule has 1 aliphatic heterocycles. The van der Waals surface area contributed by atoms with Gasteiger partial charge in [-0.15, -0.1) is 0 Å². The van der Waals surface area contributed by atoms with Gasteiger partial charge in [0.05, 0.1) is 40.1 Å². The molecule has 1 N–H and O–H groups in total. The van der Waals surface area contributed by atoms with Gasteiger partial charge in [-0.2, -0.15) is 4.57 Å². The highest BCUT2D eigenvalue weighted by Crippen LogP contribution is 2.35. The number of rotatable bonds is 10. The number of ether oxygens (including phenoxy) is 3. The molecule has 2 heterocycles.